The van der Waals surface area contributed by atoms with E-state index in [2.05, 4.69) is 49.9 Å². The molecule has 1 aromatic heterocycles. The van der Waals surface area contributed by atoms with Crippen LogP contribution in [-0.4, -0.2) is 72.6 Å². The molecule has 2 aromatic rings. The van der Waals surface area contributed by atoms with E-state index in [9.17, 15) is 0 Å². The molecule has 0 aliphatic carbocycles. The second-order valence-corrected chi connectivity index (χ2v) is 7.25. The van der Waals surface area contributed by atoms with Crippen LogP contribution in [0.5, 0.6) is 0 Å². The van der Waals surface area contributed by atoms with Crippen molar-refractivity contribution in [3.05, 3.63) is 30.6 Å². The highest BCUT2D eigenvalue weighted by molar-refractivity contribution is 5.89. The van der Waals surface area contributed by atoms with Gasteiger partial charge in [-0.25, -0.2) is 9.97 Å². The SMILES string of the molecule is CN1CCN(CC2CCN(c3ncnc4ccccc34)CC2)CC1. The lowest BCUT2D eigenvalue weighted by Gasteiger charge is -2.38. The van der Waals surface area contributed by atoms with Crippen LogP contribution in [0.4, 0.5) is 5.82 Å². The molecular weight excluding hydrogens is 298 g/mol. The third-order valence-corrected chi connectivity index (χ3v) is 5.55. The number of anilines is 1. The van der Waals surface area contributed by atoms with Crippen molar-refractivity contribution in [1.29, 1.82) is 0 Å². The fourth-order valence-corrected chi connectivity index (χ4v) is 3.97. The van der Waals surface area contributed by atoms with Gasteiger partial charge in [-0.1, -0.05) is 12.1 Å². The van der Waals surface area contributed by atoms with E-state index in [1.807, 2.05) is 6.07 Å². The molecule has 0 amide bonds. The van der Waals surface area contributed by atoms with E-state index in [4.69, 9.17) is 0 Å². The molecule has 0 radical (unpaired) electrons. The van der Waals surface area contributed by atoms with E-state index in [0.29, 0.717) is 0 Å². The Morgan fingerprint density at radius 2 is 1.71 bits per heavy atom. The van der Waals surface area contributed by atoms with Crippen molar-refractivity contribution >= 4 is 16.7 Å². The highest BCUT2D eigenvalue weighted by Crippen LogP contribution is 2.27. The quantitative estimate of drug-likeness (QED) is 0.863. The molecule has 2 aliphatic rings. The Labute approximate surface area is 144 Å². The molecule has 5 nitrogen and oxygen atoms in total. The minimum Gasteiger partial charge on any atom is -0.356 e. The number of fused-ring (bicyclic) bond motifs is 1. The molecule has 0 atom stereocenters. The lowest BCUT2D eigenvalue weighted by atomic mass is 9.95. The van der Waals surface area contributed by atoms with Crippen LogP contribution in [0.1, 0.15) is 12.8 Å². The topological polar surface area (TPSA) is 35.5 Å². The summed E-state index contributed by atoms with van der Waals surface area (Å²) in [6, 6.07) is 8.33. The van der Waals surface area contributed by atoms with Gasteiger partial charge in [-0.2, -0.15) is 0 Å². The van der Waals surface area contributed by atoms with Gasteiger partial charge in [0, 0.05) is 51.2 Å². The lowest BCUT2D eigenvalue weighted by molar-refractivity contribution is 0.129. The summed E-state index contributed by atoms with van der Waals surface area (Å²) in [7, 11) is 2.22. The molecule has 2 aliphatic heterocycles. The molecule has 1 aromatic carbocycles. The van der Waals surface area contributed by atoms with Crippen molar-refractivity contribution in [2.45, 2.75) is 12.8 Å². The summed E-state index contributed by atoms with van der Waals surface area (Å²) in [6.07, 6.45) is 4.24. The highest BCUT2D eigenvalue weighted by atomic mass is 15.2. The average Bonchev–Trinajstić information content (AvgIpc) is 2.64. The van der Waals surface area contributed by atoms with Crippen molar-refractivity contribution in [3.8, 4) is 0 Å². The number of rotatable bonds is 3. The van der Waals surface area contributed by atoms with Crippen LogP contribution in [-0.2, 0) is 0 Å². The Morgan fingerprint density at radius 3 is 2.50 bits per heavy atom. The van der Waals surface area contributed by atoms with Gasteiger partial charge in [0.15, 0.2) is 0 Å². The Balaban J connectivity index is 1.37. The molecule has 0 spiro atoms. The van der Waals surface area contributed by atoms with E-state index in [1.165, 1.54) is 51.0 Å². The Bertz CT molecular complexity index is 667. The van der Waals surface area contributed by atoms with Crippen LogP contribution in [0.15, 0.2) is 30.6 Å². The van der Waals surface area contributed by atoms with E-state index in [1.54, 1.807) is 6.33 Å². The second kappa shape index (κ2) is 7.03. The molecule has 3 heterocycles. The Morgan fingerprint density at radius 1 is 0.958 bits per heavy atom. The number of benzene rings is 1. The first-order valence-corrected chi connectivity index (χ1v) is 9.15. The molecule has 0 N–H and O–H groups in total. The zero-order valence-electron chi connectivity index (χ0n) is 14.6. The number of aromatic nitrogens is 2. The molecule has 24 heavy (non-hydrogen) atoms. The Hall–Kier alpha value is -1.72. The van der Waals surface area contributed by atoms with Crippen LogP contribution < -0.4 is 4.90 Å². The van der Waals surface area contributed by atoms with Crippen molar-refractivity contribution in [3.63, 3.8) is 0 Å². The third-order valence-electron chi connectivity index (χ3n) is 5.55. The van der Waals surface area contributed by atoms with E-state index in [0.717, 1.165) is 30.3 Å². The summed E-state index contributed by atoms with van der Waals surface area (Å²) < 4.78 is 0. The first kappa shape index (κ1) is 15.8. The molecule has 4 rings (SSSR count). The van der Waals surface area contributed by atoms with E-state index < -0.39 is 0 Å². The minimum atomic E-state index is 0.831. The van der Waals surface area contributed by atoms with Crippen LogP contribution >= 0.6 is 0 Å². The number of likely N-dealkylation sites (N-methyl/N-ethyl adjacent to an activating group) is 1. The zero-order chi connectivity index (χ0) is 16.4. The van der Waals surface area contributed by atoms with E-state index in [-0.39, 0.29) is 0 Å². The zero-order valence-corrected chi connectivity index (χ0v) is 14.6. The van der Waals surface area contributed by atoms with Gasteiger partial charge < -0.3 is 14.7 Å². The minimum absolute atomic E-state index is 0.831. The molecule has 2 fully saturated rings. The standard InChI is InChI=1S/C19H27N5/c1-22-10-12-23(13-11-22)14-16-6-8-24(9-7-16)19-17-4-2-3-5-18(17)20-15-21-19/h2-5,15-16H,6-14H2,1H3. The molecule has 2 saturated heterocycles. The predicted octanol–water partition coefficient (Wildman–Crippen LogP) is 2.09. The van der Waals surface area contributed by atoms with Crippen molar-refractivity contribution in [1.82, 2.24) is 19.8 Å². The van der Waals surface area contributed by atoms with Gasteiger partial charge in [-0.3, -0.25) is 0 Å². The van der Waals surface area contributed by atoms with Gasteiger partial charge in [0.05, 0.1) is 5.52 Å². The summed E-state index contributed by atoms with van der Waals surface area (Å²) in [6.45, 7) is 8.38. The number of piperidine rings is 1. The first-order chi connectivity index (χ1) is 11.8. The van der Waals surface area contributed by atoms with Crippen LogP contribution in [0.3, 0.4) is 0 Å². The summed E-state index contributed by atoms with van der Waals surface area (Å²) in [4.78, 5) is 16.5. The van der Waals surface area contributed by atoms with Gasteiger partial charge in [0.2, 0.25) is 0 Å². The molecular formula is C19H27N5. The van der Waals surface area contributed by atoms with Crippen LogP contribution in [0.25, 0.3) is 10.9 Å². The smallest absolute Gasteiger partial charge is 0.139 e. The van der Waals surface area contributed by atoms with Gasteiger partial charge in [-0.15, -0.1) is 0 Å². The van der Waals surface area contributed by atoms with Crippen LogP contribution in [0.2, 0.25) is 0 Å². The Kier molecular flexibility index (Phi) is 4.63. The molecule has 128 valence electrons. The molecule has 0 unspecified atom stereocenters. The van der Waals surface area contributed by atoms with Crippen molar-refractivity contribution in [2.75, 3.05) is 57.8 Å². The van der Waals surface area contributed by atoms with Crippen LogP contribution in [0, 0.1) is 5.92 Å². The molecule has 0 bridgehead atoms. The maximum Gasteiger partial charge on any atom is 0.139 e. The maximum absolute atomic E-state index is 4.58. The van der Waals surface area contributed by atoms with Gasteiger partial charge in [-0.05, 0) is 37.9 Å². The summed E-state index contributed by atoms with van der Waals surface area (Å²) in [5, 5.41) is 1.18. The van der Waals surface area contributed by atoms with Crippen molar-refractivity contribution in [2.24, 2.45) is 5.92 Å². The summed E-state index contributed by atoms with van der Waals surface area (Å²) in [5.74, 6) is 1.94. The number of piperazine rings is 1. The monoisotopic (exact) mass is 325 g/mol. The molecule has 0 saturated carbocycles. The van der Waals surface area contributed by atoms with Gasteiger partial charge in [0.25, 0.3) is 0 Å². The number of para-hydroxylation sites is 1. The number of nitrogens with zero attached hydrogens (tertiary/aromatic N) is 5. The largest absolute Gasteiger partial charge is 0.356 e. The maximum atomic E-state index is 4.58. The fourth-order valence-electron chi connectivity index (χ4n) is 3.97. The summed E-state index contributed by atoms with van der Waals surface area (Å²) in [5.41, 5.74) is 1.04. The normalized spacial score (nSPS) is 21.5. The number of hydrogen-bond donors (Lipinski definition) is 0. The first-order valence-electron chi connectivity index (χ1n) is 9.15. The van der Waals surface area contributed by atoms with Gasteiger partial charge >= 0.3 is 0 Å². The molecule has 5 heteroatoms. The fraction of sp³-hybridized carbons (Fsp3) is 0.579. The van der Waals surface area contributed by atoms with E-state index >= 15 is 0 Å². The van der Waals surface area contributed by atoms with Crippen molar-refractivity contribution < 1.29 is 0 Å². The second-order valence-electron chi connectivity index (χ2n) is 7.25. The number of hydrogen-bond acceptors (Lipinski definition) is 5. The van der Waals surface area contributed by atoms with Gasteiger partial charge in [0.1, 0.15) is 12.1 Å². The third kappa shape index (κ3) is 3.37. The predicted molar refractivity (Wildman–Crippen MR) is 98.4 cm³/mol. The lowest BCUT2D eigenvalue weighted by Crippen LogP contribution is -2.47. The highest BCUT2D eigenvalue weighted by Gasteiger charge is 2.24. The average molecular weight is 325 g/mol. The summed E-state index contributed by atoms with van der Waals surface area (Å²) >= 11 is 0.